The molecule has 1 atom stereocenters. The Kier molecular flexibility index (Phi) is 3.57. The first-order valence-electron chi connectivity index (χ1n) is 6.69. The van der Waals surface area contributed by atoms with E-state index in [0.29, 0.717) is 6.04 Å². The van der Waals surface area contributed by atoms with E-state index in [1.807, 2.05) is 0 Å². The van der Waals surface area contributed by atoms with Crippen LogP contribution in [0.5, 0.6) is 0 Å². The molecule has 0 amide bonds. The lowest BCUT2D eigenvalue weighted by atomic mass is 9.87. The van der Waals surface area contributed by atoms with Gasteiger partial charge in [0.05, 0.1) is 0 Å². The Morgan fingerprint density at radius 3 is 2.12 bits per heavy atom. The van der Waals surface area contributed by atoms with Gasteiger partial charge < -0.3 is 5.73 Å². The van der Waals surface area contributed by atoms with Gasteiger partial charge in [-0.25, -0.2) is 0 Å². The first-order chi connectivity index (χ1) is 7.47. The smallest absolute Gasteiger partial charge is 0.0217 e. The van der Waals surface area contributed by atoms with Crippen molar-refractivity contribution in [1.82, 2.24) is 9.80 Å². The highest BCUT2D eigenvalue weighted by atomic mass is 15.3. The van der Waals surface area contributed by atoms with Crippen molar-refractivity contribution >= 4 is 0 Å². The normalized spacial score (nSPS) is 27.0. The van der Waals surface area contributed by atoms with Crippen LogP contribution >= 0.6 is 0 Å². The lowest BCUT2D eigenvalue weighted by Crippen LogP contribution is -2.52. The third kappa shape index (κ3) is 3.19. The SMILES string of the molecule is CC(C)(C)C(N)CN1CCN(C2CC2)CC1. The maximum Gasteiger partial charge on any atom is 0.0217 e. The summed E-state index contributed by atoms with van der Waals surface area (Å²) in [6, 6.07) is 1.22. The predicted molar refractivity (Wildman–Crippen MR) is 68.5 cm³/mol. The van der Waals surface area contributed by atoms with Gasteiger partial charge in [0.1, 0.15) is 0 Å². The third-order valence-corrected chi connectivity index (χ3v) is 4.04. The zero-order chi connectivity index (χ0) is 11.8. The Labute approximate surface area is 100.0 Å². The van der Waals surface area contributed by atoms with Gasteiger partial charge in [0.25, 0.3) is 0 Å². The van der Waals surface area contributed by atoms with Crippen LogP contribution in [0.2, 0.25) is 0 Å². The summed E-state index contributed by atoms with van der Waals surface area (Å²) >= 11 is 0. The molecule has 1 saturated carbocycles. The van der Waals surface area contributed by atoms with E-state index in [-0.39, 0.29) is 5.41 Å². The van der Waals surface area contributed by atoms with E-state index >= 15 is 0 Å². The third-order valence-electron chi connectivity index (χ3n) is 4.04. The lowest BCUT2D eigenvalue weighted by molar-refractivity contribution is 0.107. The van der Waals surface area contributed by atoms with Crippen LogP contribution in [0.3, 0.4) is 0 Å². The van der Waals surface area contributed by atoms with Gasteiger partial charge in [0.15, 0.2) is 0 Å². The Hall–Kier alpha value is -0.120. The lowest BCUT2D eigenvalue weighted by Gasteiger charge is -2.38. The largest absolute Gasteiger partial charge is 0.326 e. The second-order valence-electron chi connectivity index (χ2n) is 6.54. The molecule has 3 heteroatoms. The maximum absolute atomic E-state index is 6.23. The molecule has 2 N–H and O–H groups in total. The summed E-state index contributed by atoms with van der Waals surface area (Å²) in [6.45, 7) is 12.7. The van der Waals surface area contributed by atoms with Crippen molar-refractivity contribution in [1.29, 1.82) is 0 Å². The second kappa shape index (κ2) is 4.63. The van der Waals surface area contributed by atoms with Gasteiger partial charge >= 0.3 is 0 Å². The molecule has 1 aliphatic carbocycles. The van der Waals surface area contributed by atoms with Crippen molar-refractivity contribution in [3.05, 3.63) is 0 Å². The Bertz CT molecular complexity index is 222. The number of nitrogens with two attached hydrogens (primary N) is 1. The number of hydrogen-bond donors (Lipinski definition) is 1. The van der Waals surface area contributed by atoms with Gasteiger partial charge in [-0.15, -0.1) is 0 Å². The Morgan fingerprint density at radius 2 is 1.69 bits per heavy atom. The predicted octanol–water partition coefficient (Wildman–Crippen LogP) is 1.14. The highest BCUT2D eigenvalue weighted by Crippen LogP contribution is 2.27. The van der Waals surface area contributed by atoms with Crippen molar-refractivity contribution in [3.8, 4) is 0 Å². The van der Waals surface area contributed by atoms with Crippen LogP contribution in [0, 0.1) is 5.41 Å². The van der Waals surface area contributed by atoms with E-state index in [9.17, 15) is 0 Å². The molecule has 0 bridgehead atoms. The fourth-order valence-corrected chi connectivity index (χ4v) is 2.30. The molecule has 2 rings (SSSR count). The van der Waals surface area contributed by atoms with E-state index < -0.39 is 0 Å². The molecule has 0 radical (unpaired) electrons. The monoisotopic (exact) mass is 225 g/mol. The zero-order valence-corrected chi connectivity index (χ0v) is 11.1. The van der Waals surface area contributed by atoms with E-state index in [0.717, 1.165) is 12.6 Å². The summed E-state index contributed by atoms with van der Waals surface area (Å²) in [4.78, 5) is 5.19. The number of nitrogens with zero attached hydrogens (tertiary/aromatic N) is 2. The van der Waals surface area contributed by atoms with Gasteiger partial charge in [0.2, 0.25) is 0 Å². The highest BCUT2D eigenvalue weighted by molar-refractivity contribution is 4.89. The molecule has 3 nitrogen and oxygen atoms in total. The van der Waals surface area contributed by atoms with Crippen molar-refractivity contribution in [3.63, 3.8) is 0 Å². The molecule has 1 aliphatic heterocycles. The van der Waals surface area contributed by atoms with Crippen molar-refractivity contribution < 1.29 is 0 Å². The van der Waals surface area contributed by atoms with Gasteiger partial charge in [-0.1, -0.05) is 20.8 Å². The average Bonchev–Trinajstić information content (AvgIpc) is 3.01. The highest BCUT2D eigenvalue weighted by Gasteiger charge is 2.32. The minimum atomic E-state index is 0.230. The summed E-state index contributed by atoms with van der Waals surface area (Å²) in [5.41, 5.74) is 6.46. The van der Waals surface area contributed by atoms with Crippen LogP contribution in [0.4, 0.5) is 0 Å². The first kappa shape index (κ1) is 12.3. The Morgan fingerprint density at radius 1 is 1.12 bits per heavy atom. The molecule has 2 fully saturated rings. The average molecular weight is 225 g/mol. The molecule has 1 heterocycles. The summed E-state index contributed by atoms with van der Waals surface area (Å²) in [6.07, 6.45) is 2.86. The molecular formula is C13H27N3. The zero-order valence-electron chi connectivity index (χ0n) is 11.1. The first-order valence-corrected chi connectivity index (χ1v) is 6.69. The molecule has 0 spiro atoms. The fourth-order valence-electron chi connectivity index (χ4n) is 2.30. The minimum Gasteiger partial charge on any atom is -0.326 e. The van der Waals surface area contributed by atoms with Crippen molar-refractivity contribution in [2.75, 3.05) is 32.7 Å². The number of hydrogen-bond acceptors (Lipinski definition) is 3. The molecule has 1 saturated heterocycles. The summed E-state index contributed by atoms with van der Waals surface area (Å²) in [7, 11) is 0. The Balaban J connectivity index is 1.72. The van der Waals surface area contributed by atoms with Gasteiger partial charge in [-0.05, 0) is 18.3 Å². The molecule has 0 aromatic carbocycles. The van der Waals surface area contributed by atoms with Crippen molar-refractivity contribution in [2.45, 2.75) is 45.7 Å². The number of rotatable bonds is 3. The maximum atomic E-state index is 6.23. The van der Waals surface area contributed by atoms with E-state index in [4.69, 9.17) is 5.73 Å². The summed E-state index contributed by atoms with van der Waals surface area (Å²) < 4.78 is 0. The van der Waals surface area contributed by atoms with Crippen molar-refractivity contribution in [2.24, 2.45) is 11.1 Å². The van der Waals surface area contributed by atoms with Gasteiger partial charge in [-0.2, -0.15) is 0 Å². The fraction of sp³-hybridized carbons (Fsp3) is 1.00. The van der Waals surface area contributed by atoms with Crippen LogP contribution in [0.25, 0.3) is 0 Å². The van der Waals surface area contributed by atoms with Crippen LogP contribution < -0.4 is 5.73 Å². The molecule has 94 valence electrons. The van der Waals surface area contributed by atoms with E-state index in [1.54, 1.807) is 0 Å². The quantitative estimate of drug-likeness (QED) is 0.782. The van der Waals surface area contributed by atoms with Crippen LogP contribution in [0.1, 0.15) is 33.6 Å². The number of piperazine rings is 1. The second-order valence-corrected chi connectivity index (χ2v) is 6.54. The molecule has 2 aliphatic rings. The van der Waals surface area contributed by atoms with Gasteiger partial charge in [-0.3, -0.25) is 9.80 Å². The summed E-state index contributed by atoms with van der Waals surface area (Å²) in [5.74, 6) is 0. The molecule has 0 aromatic rings. The molecular weight excluding hydrogens is 198 g/mol. The van der Waals surface area contributed by atoms with Crippen LogP contribution in [-0.2, 0) is 0 Å². The topological polar surface area (TPSA) is 32.5 Å². The van der Waals surface area contributed by atoms with E-state index in [2.05, 4.69) is 30.6 Å². The molecule has 1 unspecified atom stereocenters. The van der Waals surface area contributed by atoms with Crippen LogP contribution in [-0.4, -0.2) is 54.6 Å². The molecule has 0 aromatic heterocycles. The minimum absolute atomic E-state index is 0.230. The molecule has 16 heavy (non-hydrogen) atoms. The standard InChI is InChI=1S/C13H27N3/c1-13(2,3)12(14)10-15-6-8-16(9-7-15)11-4-5-11/h11-12H,4-10,14H2,1-3H3. The van der Waals surface area contributed by atoms with Gasteiger partial charge in [0, 0.05) is 44.8 Å². The van der Waals surface area contributed by atoms with Crippen LogP contribution in [0.15, 0.2) is 0 Å². The summed E-state index contributed by atoms with van der Waals surface area (Å²) in [5, 5.41) is 0. The van der Waals surface area contributed by atoms with E-state index in [1.165, 1.54) is 39.0 Å².